The minimum absolute atomic E-state index is 0.175. The van der Waals surface area contributed by atoms with E-state index in [1.165, 1.54) is 0 Å². The van der Waals surface area contributed by atoms with Crippen molar-refractivity contribution in [3.8, 4) is 11.1 Å². The minimum atomic E-state index is -0.175. The van der Waals surface area contributed by atoms with Crippen LogP contribution in [0, 0.1) is 13.8 Å². The molecule has 0 saturated carbocycles. The normalized spacial score (nSPS) is 10.6. The van der Waals surface area contributed by atoms with Crippen molar-refractivity contribution in [1.29, 1.82) is 0 Å². The summed E-state index contributed by atoms with van der Waals surface area (Å²) in [6.45, 7) is 3.95. The Balaban J connectivity index is 1.73. The van der Waals surface area contributed by atoms with Crippen LogP contribution in [0.25, 0.3) is 11.1 Å². The second-order valence-electron chi connectivity index (χ2n) is 7.23. The molecule has 2 aromatic heterocycles. The molecule has 1 amide bonds. The van der Waals surface area contributed by atoms with E-state index >= 15 is 0 Å². The number of rotatable bonds is 5. The van der Waals surface area contributed by atoms with Crippen LogP contribution in [0.2, 0.25) is 0 Å². The van der Waals surface area contributed by atoms with E-state index in [1.54, 1.807) is 17.1 Å². The van der Waals surface area contributed by atoms with Gasteiger partial charge in [0.1, 0.15) is 0 Å². The SMILES string of the molecule is Cc1ccccc1Nc1ncc(-c2cnn(C)c2)cc1NC(=O)c1ccccc1C. The maximum absolute atomic E-state index is 13.0. The summed E-state index contributed by atoms with van der Waals surface area (Å²) in [7, 11) is 1.87. The second kappa shape index (κ2) is 8.21. The molecule has 0 aliphatic carbocycles. The summed E-state index contributed by atoms with van der Waals surface area (Å²) in [5, 5.41) is 10.6. The molecule has 0 aliphatic heterocycles. The summed E-state index contributed by atoms with van der Waals surface area (Å²) < 4.78 is 1.74. The number of carbonyl (C=O) groups excluding carboxylic acids is 1. The first-order valence-corrected chi connectivity index (χ1v) is 9.70. The first-order chi connectivity index (χ1) is 14.5. The van der Waals surface area contributed by atoms with Crippen molar-refractivity contribution in [2.75, 3.05) is 10.6 Å². The fraction of sp³-hybridized carbons (Fsp3) is 0.125. The number of benzene rings is 2. The van der Waals surface area contributed by atoms with Crippen LogP contribution in [-0.2, 0) is 7.05 Å². The maximum atomic E-state index is 13.0. The van der Waals surface area contributed by atoms with Gasteiger partial charge >= 0.3 is 0 Å². The lowest BCUT2D eigenvalue weighted by Crippen LogP contribution is -2.15. The van der Waals surface area contributed by atoms with Crippen molar-refractivity contribution in [3.05, 3.63) is 89.9 Å². The van der Waals surface area contributed by atoms with Gasteiger partial charge < -0.3 is 10.6 Å². The summed E-state index contributed by atoms with van der Waals surface area (Å²) in [5.74, 6) is 0.407. The van der Waals surface area contributed by atoms with Crippen LogP contribution in [0.5, 0.6) is 0 Å². The van der Waals surface area contributed by atoms with Crippen LogP contribution >= 0.6 is 0 Å². The molecule has 6 nitrogen and oxygen atoms in total. The Morgan fingerprint density at radius 2 is 1.63 bits per heavy atom. The van der Waals surface area contributed by atoms with Gasteiger partial charge in [0, 0.05) is 41.8 Å². The average molecular weight is 397 g/mol. The molecule has 0 radical (unpaired) electrons. The van der Waals surface area contributed by atoms with Gasteiger partial charge in [-0.25, -0.2) is 4.98 Å². The van der Waals surface area contributed by atoms with E-state index in [9.17, 15) is 4.79 Å². The van der Waals surface area contributed by atoms with Crippen LogP contribution in [0.15, 0.2) is 73.2 Å². The zero-order valence-corrected chi connectivity index (χ0v) is 17.2. The predicted molar refractivity (Wildman–Crippen MR) is 120 cm³/mol. The van der Waals surface area contributed by atoms with Crippen LogP contribution in [-0.4, -0.2) is 20.7 Å². The third-order valence-electron chi connectivity index (χ3n) is 4.96. The molecule has 0 spiro atoms. The molecule has 6 heteroatoms. The maximum Gasteiger partial charge on any atom is 0.256 e. The largest absolute Gasteiger partial charge is 0.338 e. The zero-order valence-electron chi connectivity index (χ0n) is 17.2. The molecule has 0 saturated heterocycles. The van der Waals surface area contributed by atoms with Gasteiger partial charge in [0.15, 0.2) is 5.82 Å². The van der Waals surface area contributed by atoms with Crippen LogP contribution in [0.3, 0.4) is 0 Å². The number of pyridine rings is 1. The molecule has 0 aliphatic rings. The van der Waals surface area contributed by atoms with E-state index in [0.717, 1.165) is 27.9 Å². The number of nitrogens with one attached hydrogen (secondary N) is 2. The van der Waals surface area contributed by atoms with Gasteiger partial charge in [0.05, 0.1) is 11.9 Å². The van der Waals surface area contributed by atoms with Crippen LogP contribution in [0.1, 0.15) is 21.5 Å². The highest BCUT2D eigenvalue weighted by atomic mass is 16.1. The topological polar surface area (TPSA) is 71.8 Å². The summed E-state index contributed by atoms with van der Waals surface area (Å²) in [6, 6.07) is 17.4. The van der Waals surface area contributed by atoms with Gasteiger partial charge in [-0.2, -0.15) is 5.10 Å². The Morgan fingerprint density at radius 1 is 0.900 bits per heavy atom. The standard InChI is InChI=1S/C24H23N5O/c1-16-8-4-6-10-20(16)24(30)28-22-12-18(19-14-26-29(3)15-19)13-25-23(22)27-21-11-7-5-9-17(21)2/h4-15H,1-3H3,(H,25,27)(H,28,30). The van der Waals surface area contributed by atoms with E-state index in [1.807, 2.05) is 81.7 Å². The molecule has 2 N–H and O–H groups in total. The molecule has 30 heavy (non-hydrogen) atoms. The molecule has 2 heterocycles. The number of nitrogens with zero attached hydrogens (tertiary/aromatic N) is 3. The number of carbonyl (C=O) groups is 1. The molecular formula is C24H23N5O. The quantitative estimate of drug-likeness (QED) is 0.492. The lowest BCUT2D eigenvalue weighted by molar-refractivity contribution is 0.102. The number of hydrogen-bond donors (Lipinski definition) is 2. The third kappa shape index (κ3) is 4.07. The lowest BCUT2D eigenvalue weighted by Gasteiger charge is -2.15. The molecule has 2 aromatic carbocycles. The third-order valence-corrected chi connectivity index (χ3v) is 4.96. The highest BCUT2D eigenvalue weighted by Gasteiger charge is 2.14. The van der Waals surface area contributed by atoms with Crippen molar-refractivity contribution in [2.45, 2.75) is 13.8 Å². The number of aromatic nitrogens is 3. The van der Waals surface area contributed by atoms with E-state index in [0.29, 0.717) is 17.1 Å². The molecule has 4 aromatic rings. The van der Waals surface area contributed by atoms with Crippen molar-refractivity contribution in [3.63, 3.8) is 0 Å². The van der Waals surface area contributed by atoms with Gasteiger partial charge in [-0.3, -0.25) is 9.48 Å². The van der Waals surface area contributed by atoms with Gasteiger partial charge in [0.2, 0.25) is 0 Å². The molecular weight excluding hydrogens is 374 g/mol. The zero-order chi connectivity index (χ0) is 21.1. The Morgan fingerprint density at radius 3 is 2.33 bits per heavy atom. The fourth-order valence-corrected chi connectivity index (χ4v) is 3.25. The number of para-hydroxylation sites is 1. The van der Waals surface area contributed by atoms with Gasteiger partial charge in [-0.1, -0.05) is 36.4 Å². The monoisotopic (exact) mass is 397 g/mol. The molecule has 0 fully saturated rings. The summed E-state index contributed by atoms with van der Waals surface area (Å²) >= 11 is 0. The predicted octanol–water partition coefficient (Wildman–Crippen LogP) is 5.09. The molecule has 0 unspecified atom stereocenters. The molecule has 0 bridgehead atoms. The number of hydrogen-bond acceptors (Lipinski definition) is 4. The minimum Gasteiger partial charge on any atom is -0.338 e. The Hall–Kier alpha value is -3.93. The van der Waals surface area contributed by atoms with Crippen LogP contribution in [0.4, 0.5) is 17.2 Å². The van der Waals surface area contributed by atoms with E-state index in [4.69, 9.17) is 0 Å². The smallest absolute Gasteiger partial charge is 0.256 e. The average Bonchev–Trinajstić information content (AvgIpc) is 3.17. The first-order valence-electron chi connectivity index (χ1n) is 9.70. The summed E-state index contributed by atoms with van der Waals surface area (Å²) in [5.41, 5.74) is 5.98. The Labute approximate surface area is 175 Å². The van der Waals surface area contributed by atoms with E-state index in [-0.39, 0.29) is 5.91 Å². The second-order valence-corrected chi connectivity index (χ2v) is 7.23. The van der Waals surface area contributed by atoms with Crippen molar-refractivity contribution >= 4 is 23.1 Å². The molecule has 0 atom stereocenters. The van der Waals surface area contributed by atoms with Gasteiger partial charge in [-0.15, -0.1) is 0 Å². The highest BCUT2D eigenvalue weighted by Crippen LogP contribution is 2.30. The van der Waals surface area contributed by atoms with Crippen molar-refractivity contribution in [2.24, 2.45) is 7.05 Å². The summed E-state index contributed by atoms with van der Waals surface area (Å²) in [4.78, 5) is 17.6. The number of amides is 1. The lowest BCUT2D eigenvalue weighted by atomic mass is 10.1. The highest BCUT2D eigenvalue weighted by molar-refractivity contribution is 6.07. The number of aryl methyl sites for hydroxylation is 3. The fourth-order valence-electron chi connectivity index (χ4n) is 3.25. The van der Waals surface area contributed by atoms with Crippen molar-refractivity contribution in [1.82, 2.24) is 14.8 Å². The van der Waals surface area contributed by atoms with Crippen LogP contribution < -0.4 is 10.6 Å². The van der Waals surface area contributed by atoms with Gasteiger partial charge in [0.25, 0.3) is 5.91 Å². The first kappa shape index (κ1) is 19.4. The van der Waals surface area contributed by atoms with Gasteiger partial charge in [-0.05, 0) is 43.2 Å². The Kier molecular flexibility index (Phi) is 5.30. The van der Waals surface area contributed by atoms with E-state index < -0.39 is 0 Å². The Bertz CT molecular complexity index is 1210. The molecule has 150 valence electrons. The number of anilines is 3. The van der Waals surface area contributed by atoms with E-state index in [2.05, 4.69) is 20.7 Å². The van der Waals surface area contributed by atoms with Crippen molar-refractivity contribution < 1.29 is 4.79 Å². The molecule has 4 rings (SSSR count). The summed E-state index contributed by atoms with van der Waals surface area (Å²) in [6.07, 6.45) is 5.47.